The topological polar surface area (TPSA) is 54.5 Å². The van der Waals surface area contributed by atoms with Crippen molar-refractivity contribution in [2.45, 2.75) is 26.8 Å². The first-order valence-corrected chi connectivity index (χ1v) is 11.1. The molecule has 30 heavy (non-hydrogen) atoms. The van der Waals surface area contributed by atoms with Gasteiger partial charge >= 0.3 is 0 Å². The van der Waals surface area contributed by atoms with Crippen molar-refractivity contribution < 1.29 is 9.53 Å². The van der Waals surface area contributed by atoms with Gasteiger partial charge < -0.3 is 10.1 Å². The lowest BCUT2D eigenvalue weighted by atomic mass is 10.1. The summed E-state index contributed by atoms with van der Waals surface area (Å²) in [5.74, 6) is -0.0438. The third-order valence-electron chi connectivity index (χ3n) is 5.11. The van der Waals surface area contributed by atoms with Crippen LogP contribution in [-0.2, 0) is 22.5 Å². The highest BCUT2D eigenvalue weighted by atomic mass is 32.1. The summed E-state index contributed by atoms with van der Waals surface area (Å²) >= 11 is 1.58. The van der Waals surface area contributed by atoms with Crippen LogP contribution in [0.2, 0.25) is 0 Å². The molecule has 2 heterocycles. The Morgan fingerprint density at radius 1 is 1.10 bits per heavy atom. The Balaban J connectivity index is 1.35. The molecule has 5 nitrogen and oxygen atoms in total. The standard InChI is InChI=1S/C24H27N3O2S/c1-17-11-18(2)13-21(12-17)25-23(28)14-22-16-30-24(26-22)20-5-3-19(4-6-20)15-27-7-9-29-10-8-27/h3-6,11-13,16H,7-10,14-15H2,1-2H3,(H,25,28). The fourth-order valence-electron chi connectivity index (χ4n) is 3.71. The first-order chi connectivity index (χ1) is 14.5. The van der Waals surface area contributed by atoms with Crippen molar-refractivity contribution in [3.8, 4) is 10.6 Å². The molecule has 0 atom stereocenters. The van der Waals surface area contributed by atoms with Crippen LogP contribution in [0.5, 0.6) is 0 Å². The normalized spacial score (nSPS) is 14.6. The molecule has 1 aromatic heterocycles. The fourth-order valence-corrected chi connectivity index (χ4v) is 4.53. The molecule has 1 amide bonds. The largest absolute Gasteiger partial charge is 0.379 e. The Labute approximate surface area is 181 Å². The number of hydrogen-bond donors (Lipinski definition) is 1. The number of nitrogens with zero attached hydrogens (tertiary/aromatic N) is 2. The summed E-state index contributed by atoms with van der Waals surface area (Å²) in [5.41, 5.74) is 6.30. The summed E-state index contributed by atoms with van der Waals surface area (Å²) < 4.78 is 5.41. The molecule has 3 aromatic rings. The van der Waals surface area contributed by atoms with Crippen LogP contribution in [0.3, 0.4) is 0 Å². The van der Waals surface area contributed by atoms with Crippen LogP contribution >= 0.6 is 11.3 Å². The van der Waals surface area contributed by atoms with E-state index in [2.05, 4.69) is 45.5 Å². The zero-order valence-corrected chi connectivity index (χ0v) is 18.3. The summed E-state index contributed by atoms with van der Waals surface area (Å²) in [6.45, 7) is 8.62. The van der Waals surface area contributed by atoms with E-state index in [-0.39, 0.29) is 12.3 Å². The molecule has 1 saturated heterocycles. The average Bonchev–Trinajstić information content (AvgIpc) is 3.17. The molecule has 0 unspecified atom stereocenters. The van der Waals surface area contributed by atoms with E-state index in [1.807, 2.05) is 31.4 Å². The number of amides is 1. The molecular formula is C24H27N3O2S. The molecule has 1 N–H and O–H groups in total. The number of morpholine rings is 1. The van der Waals surface area contributed by atoms with Crippen LogP contribution in [0.4, 0.5) is 5.69 Å². The maximum atomic E-state index is 12.4. The first-order valence-electron chi connectivity index (χ1n) is 10.3. The van der Waals surface area contributed by atoms with Crippen LogP contribution in [0.1, 0.15) is 22.4 Å². The number of anilines is 1. The monoisotopic (exact) mass is 421 g/mol. The Morgan fingerprint density at radius 3 is 2.50 bits per heavy atom. The number of nitrogens with one attached hydrogen (secondary N) is 1. The predicted molar refractivity (Wildman–Crippen MR) is 122 cm³/mol. The molecule has 6 heteroatoms. The first kappa shape index (κ1) is 20.7. The molecule has 0 bridgehead atoms. The van der Waals surface area contributed by atoms with Gasteiger partial charge in [0.15, 0.2) is 0 Å². The van der Waals surface area contributed by atoms with Gasteiger partial charge in [-0.05, 0) is 42.7 Å². The van der Waals surface area contributed by atoms with Gasteiger partial charge in [0.25, 0.3) is 0 Å². The van der Waals surface area contributed by atoms with E-state index in [0.29, 0.717) is 0 Å². The molecule has 0 spiro atoms. The van der Waals surface area contributed by atoms with Crippen LogP contribution in [-0.4, -0.2) is 42.1 Å². The van der Waals surface area contributed by atoms with Crippen molar-refractivity contribution in [2.75, 3.05) is 31.6 Å². The lowest BCUT2D eigenvalue weighted by Gasteiger charge is -2.26. The maximum absolute atomic E-state index is 12.4. The summed E-state index contributed by atoms with van der Waals surface area (Å²) in [4.78, 5) is 19.5. The summed E-state index contributed by atoms with van der Waals surface area (Å²) in [6, 6.07) is 14.6. The van der Waals surface area contributed by atoms with E-state index in [4.69, 9.17) is 4.74 Å². The number of carbonyl (C=O) groups excluding carboxylic acids is 1. The van der Waals surface area contributed by atoms with Gasteiger partial charge in [-0.25, -0.2) is 4.98 Å². The van der Waals surface area contributed by atoms with Crippen molar-refractivity contribution in [2.24, 2.45) is 0 Å². The van der Waals surface area contributed by atoms with Gasteiger partial charge in [-0.3, -0.25) is 9.69 Å². The van der Waals surface area contributed by atoms with Gasteiger partial charge in [0, 0.05) is 36.3 Å². The van der Waals surface area contributed by atoms with E-state index in [1.165, 1.54) is 5.56 Å². The average molecular weight is 422 g/mol. The minimum Gasteiger partial charge on any atom is -0.379 e. The van der Waals surface area contributed by atoms with E-state index in [1.54, 1.807) is 11.3 Å². The van der Waals surface area contributed by atoms with Gasteiger partial charge in [-0.15, -0.1) is 11.3 Å². The predicted octanol–water partition coefficient (Wildman–Crippen LogP) is 4.44. The highest BCUT2D eigenvalue weighted by Crippen LogP contribution is 2.25. The van der Waals surface area contributed by atoms with Gasteiger partial charge in [0.2, 0.25) is 5.91 Å². The fraction of sp³-hybridized carbons (Fsp3) is 0.333. The molecule has 1 aliphatic rings. The van der Waals surface area contributed by atoms with Gasteiger partial charge in [0.05, 0.1) is 25.3 Å². The lowest BCUT2D eigenvalue weighted by molar-refractivity contribution is -0.115. The SMILES string of the molecule is Cc1cc(C)cc(NC(=O)Cc2csc(-c3ccc(CN4CCOCC4)cc3)n2)c1. The molecule has 1 aliphatic heterocycles. The van der Waals surface area contributed by atoms with Gasteiger partial charge in [-0.1, -0.05) is 30.3 Å². The van der Waals surface area contributed by atoms with E-state index >= 15 is 0 Å². The molecule has 1 fully saturated rings. The van der Waals surface area contributed by atoms with Gasteiger partial charge in [-0.2, -0.15) is 0 Å². The van der Waals surface area contributed by atoms with Crippen LogP contribution in [0.25, 0.3) is 10.6 Å². The number of ether oxygens (including phenoxy) is 1. The third kappa shape index (κ3) is 5.53. The lowest BCUT2D eigenvalue weighted by Crippen LogP contribution is -2.35. The van der Waals surface area contributed by atoms with Crippen molar-refractivity contribution in [3.05, 3.63) is 70.2 Å². The minimum absolute atomic E-state index is 0.0438. The molecule has 156 valence electrons. The number of carbonyl (C=O) groups is 1. The zero-order valence-electron chi connectivity index (χ0n) is 17.5. The summed E-state index contributed by atoms with van der Waals surface area (Å²) in [6.07, 6.45) is 0.276. The Hall–Kier alpha value is -2.54. The second-order valence-corrected chi connectivity index (χ2v) is 8.69. The molecular weight excluding hydrogens is 394 g/mol. The number of aryl methyl sites for hydroxylation is 2. The Morgan fingerprint density at radius 2 is 1.80 bits per heavy atom. The van der Waals surface area contributed by atoms with Crippen molar-refractivity contribution >= 4 is 22.9 Å². The second kappa shape index (κ2) is 9.51. The van der Waals surface area contributed by atoms with Crippen LogP contribution in [0, 0.1) is 13.8 Å². The van der Waals surface area contributed by atoms with Crippen molar-refractivity contribution in [3.63, 3.8) is 0 Å². The molecule has 0 aliphatic carbocycles. The smallest absolute Gasteiger partial charge is 0.230 e. The molecule has 0 saturated carbocycles. The van der Waals surface area contributed by atoms with Crippen molar-refractivity contribution in [1.29, 1.82) is 0 Å². The third-order valence-corrected chi connectivity index (χ3v) is 6.05. The van der Waals surface area contributed by atoms with E-state index in [0.717, 1.165) is 65.9 Å². The number of hydrogen-bond acceptors (Lipinski definition) is 5. The number of rotatable bonds is 6. The van der Waals surface area contributed by atoms with Crippen LogP contribution < -0.4 is 5.32 Å². The molecule has 4 rings (SSSR count). The van der Waals surface area contributed by atoms with E-state index < -0.39 is 0 Å². The highest BCUT2D eigenvalue weighted by Gasteiger charge is 2.12. The van der Waals surface area contributed by atoms with Crippen molar-refractivity contribution in [1.82, 2.24) is 9.88 Å². The quantitative estimate of drug-likeness (QED) is 0.639. The zero-order chi connectivity index (χ0) is 20.9. The van der Waals surface area contributed by atoms with Gasteiger partial charge in [0.1, 0.15) is 5.01 Å². The van der Waals surface area contributed by atoms with Crippen LogP contribution in [0.15, 0.2) is 47.8 Å². The number of thiazole rings is 1. The minimum atomic E-state index is -0.0438. The second-order valence-electron chi connectivity index (χ2n) is 7.83. The number of aromatic nitrogens is 1. The van der Waals surface area contributed by atoms with E-state index in [9.17, 15) is 4.79 Å². The number of benzene rings is 2. The summed E-state index contributed by atoms with van der Waals surface area (Å²) in [7, 11) is 0. The maximum Gasteiger partial charge on any atom is 0.230 e. The summed E-state index contributed by atoms with van der Waals surface area (Å²) in [5, 5.41) is 5.90. The molecule has 2 aromatic carbocycles. The Kier molecular flexibility index (Phi) is 6.57. The molecule has 0 radical (unpaired) electrons. The Bertz CT molecular complexity index is 987. The highest BCUT2D eigenvalue weighted by molar-refractivity contribution is 7.13.